The quantitative estimate of drug-likeness (QED) is 0.467. The summed E-state index contributed by atoms with van der Waals surface area (Å²) in [5.41, 5.74) is 8.32. The SMILES string of the molecule is Cn1cccc(-c2c(-c3ccc(F)cc3)nc(N)n3nc(Cc4nccs4)nc23)c1=O. The van der Waals surface area contributed by atoms with Crippen LogP contribution in [0.3, 0.4) is 0 Å². The maximum absolute atomic E-state index is 13.5. The number of aromatic nitrogens is 6. The van der Waals surface area contributed by atoms with Crippen LogP contribution in [0.1, 0.15) is 10.8 Å². The van der Waals surface area contributed by atoms with Gasteiger partial charge in [0.15, 0.2) is 11.5 Å². The summed E-state index contributed by atoms with van der Waals surface area (Å²) < 4.78 is 16.4. The number of nitrogens with two attached hydrogens (primary N) is 1. The first-order chi connectivity index (χ1) is 15.0. The first-order valence-corrected chi connectivity index (χ1v) is 10.2. The van der Waals surface area contributed by atoms with Gasteiger partial charge in [-0.05, 0) is 36.4 Å². The Morgan fingerprint density at radius 3 is 2.71 bits per heavy atom. The van der Waals surface area contributed by atoms with Gasteiger partial charge in [0.2, 0.25) is 5.95 Å². The Bertz CT molecular complexity index is 1460. The molecule has 4 aromatic heterocycles. The van der Waals surface area contributed by atoms with E-state index in [0.717, 1.165) is 5.01 Å². The predicted molar refractivity (Wildman–Crippen MR) is 116 cm³/mol. The van der Waals surface area contributed by atoms with E-state index in [4.69, 9.17) is 5.73 Å². The molecule has 0 aliphatic heterocycles. The van der Waals surface area contributed by atoms with Crippen LogP contribution in [0.15, 0.2) is 59.0 Å². The molecule has 4 heterocycles. The molecular formula is C21H16FN7OS. The average molecular weight is 433 g/mol. The summed E-state index contributed by atoms with van der Waals surface area (Å²) in [4.78, 5) is 26.4. The van der Waals surface area contributed by atoms with E-state index in [1.165, 1.54) is 32.6 Å². The summed E-state index contributed by atoms with van der Waals surface area (Å²) in [5.74, 6) is 0.251. The van der Waals surface area contributed by atoms with Crippen LogP contribution in [0.2, 0.25) is 0 Å². The summed E-state index contributed by atoms with van der Waals surface area (Å²) in [6, 6.07) is 9.33. The summed E-state index contributed by atoms with van der Waals surface area (Å²) >= 11 is 1.50. The van der Waals surface area contributed by atoms with Crippen molar-refractivity contribution in [3.63, 3.8) is 0 Å². The Morgan fingerprint density at radius 1 is 1.16 bits per heavy atom. The van der Waals surface area contributed by atoms with E-state index in [0.29, 0.717) is 40.3 Å². The third-order valence-electron chi connectivity index (χ3n) is 4.86. The van der Waals surface area contributed by atoms with E-state index in [1.54, 1.807) is 43.7 Å². The molecule has 1 aromatic carbocycles. The number of rotatable bonds is 4. The van der Waals surface area contributed by atoms with Gasteiger partial charge in [0.1, 0.15) is 10.8 Å². The van der Waals surface area contributed by atoms with Crippen molar-refractivity contribution >= 4 is 22.9 Å². The molecule has 8 nitrogen and oxygen atoms in total. The fraction of sp³-hybridized carbons (Fsp3) is 0.0952. The zero-order chi connectivity index (χ0) is 21.5. The summed E-state index contributed by atoms with van der Waals surface area (Å²) in [5, 5.41) is 7.23. The molecule has 0 radical (unpaired) electrons. The number of hydrogen-bond acceptors (Lipinski definition) is 7. The largest absolute Gasteiger partial charge is 0.368 e. The normalized spacial score (nSPS) is 11.3. The molecule has 2 N–H and O–H groups in total. The molecule has 0 saturated carbocycles. The number of halogens is 1. The second kappa shape index (κ2) is 7.40. The predicted octanol–water partition coefficient (Wildman–Crippen LogP) is 2.93. The van der Waals surface area contributed by atoms with E-state index in [2.05, 4.69) is 20.1 Å². The van der Waals surface area contributed by atoms with Gasteiger partial charge in [0.25, 0.3) is 5.56 Å². The topological polar surface area (TPSA) is 104 Å². The summed E-state index contributed by atoms with van der Waals surface area (Å²) in [6.45, 7) is 0. The van der Waals surface area contributed by atoms with E-state index in [9.17, 15) is 9.18 Å². The molecule has 0 atom stereocenters. The number of benzene rings is 1. The number of aryl methyl sites for hydroxylation is 1. The molecule has 5 aromatic rings. The molecule has 0 unspecified atom stereocenters. The Kier molecular flexibility index (Phi) is 4.55. The second-order valence-electron chi connectivity index (χ2n) is 6.90. The standard InChI is InChI=1S/C21H16FN7OS/c1-28-9-2-3-14(20(28)30)17-18(12-4-6-13(22)7-5-12)26-21(23)29-19(17)25-15(27-29)11-16-24-8-10-31-16/h2-10H,11H2,1H3,(H2,23,26). The van der Waals surface area contributed by atoms with Gasteiger partial charge in [-0.2, -0.15) is 4.52 Å². The highest BCUT2D eigenvalue weighted by atomic mass is 32.1. The number of fused-ring (bicyclic) bond motifs is 1. The Labute approximate surface area is 179 Å². The Morgan fingerprint density at radius 2 is 1.97 bits per heavy atom. The van der Waals surface area contributed by atoms with Crippen molar-refractivity contribution < 1.29 is 4.39 Å². The van der Waals surface area contributed by atoms with Gasteiger partial charge >= 0.3 is 0 Å². The molecule has 5 rings (SSSR count). The van der Waals surface area contributed by atoms with Crippen LogP contribution < -0.4 is 11.3 Å². The molecule has 10 heteroatoms. The molecule has 0 bridgehead atoms. The third kappa shape index (κ3) is 3.36. The minimum Gasteiger partial charge on any atom is -0.368 e. The molecule has 0 saturated heterocycles. The monoisotopic (exact) mass is 433 g/mol. The lowest BCUT2D eigenvalue weighted by Crippen LogP contribution is -2.18. The third-order valence-corrected chi connectivity index (χ3v) is 5.64. The van der Waals surface area contributed by atoms with Gasteiger partial charge in [-0.15, -0.1) is 16.4 Å². The zero-order valence-corrected chi connectivity index (χ0v) is 17.2. The number of nitrogen functional groups attached to an aromatic ring is 1. The van der Waals surface area contributed by atoms with Crippen LogP contribution in [0.25, 0.3) is 28.0 Å². The molecule has 154 valence electrons. The number of hydrogen-bond donors (Lipinski definition) is 1. The minimum atomic E-state index is -0.372. The van der Waals surface area contributed by atoms with Crippen molar-refractivity contribution in [1.82, 2.24) is 29.1 Å². The van der Waals surface area contributed by atoms with Crippen molar-refractivity contribution in [3.05, 3.63) is 81.2 Å². The lowest BCUT2D eigenvalue weighted by atomic mass is 10.0. The van der Waals surface area contributed by atoms with E-state index < -0.39 is 0 Å². The molecule has 0 aliphatic carbocycles. The van der Waals surface area contributed by atoms with Crippen LogP contribution >= 0.6 is 11.3 Å². The lowest BCUT2D eigenvalue weighted by molar-refractivity contribution is 0.628. The van der Waals surface area contributed by atoms with Gasteiger partial charge in [0.05, 0.1) is 23.2 Å². The zero-order valence-electron chi connectivity index (χ0n) is 16.4. The van der Waals surface area contributed by atoms with Crippen LogP contribution in [0, 0.1) is 5.82 Å². The van der Waals surface area contributed by atoms with Crippen molar-refractivity contribution in [2.24, 2.45) is 7.05 Å². The highest BCUT2D eigenvalue weighted by molar-refractivity contribution is 7.09. The number of nitrogens with zero attached hydrogens (tertiary/aromatic N) is 6. The van der Waals surface area contributed by atoms with Crippen LogP contribution in [0.5, 0.6) is 0 Å². The van der Waals surface area contributed by atoms with Crippen LogP contribution in [-0.2, 0) is 13.5 Å². The maximum atomic E-state index is 13.5. The van der Waals surface area contributed by atoms with Gasteiger partial charge in [-0.3, -0.25) is 4.79 Å². The number of thiazole rings is 1. The fourth-order valence-corrected chi connectivity index (χ4v) is 4.02. The molecule has 31 heavy (non-hydrogen) atoms. The van der Waals surface area contributed by atoms with Crippen molar-refractivity contribution in [1.29, 1.82) is 0 Å². The number of anilines is 1. The Hall–Kier alpha value is -3.92. The van der Waals surface area contributed by atoms with Crippen LogP contribution in [-0.4, -0.2) is 29.1 Å². The Balaban J connectivity index is 1.82. The highest BCUT2D eigenvalue weighted by Gasteiger charge is 2.22. The summed E-state index contributed by atoms with van der Waals surface area (Å²) in [6.07, 6.45) is 3.82. The summed E-state index contributed by atoms with van der Waals surface area (Å²) in [7, 11) is 1.67. The highest BCUT2D eigenvalue weighted by Crippen LogP contribution is 2.33. The average Bonchev–Trinajstić information content (AvgIpc) is 3.42. The maximum Gasteiger partial charge on any atom is 0.258 e. The van der Waals surface area contributed by atoms with Crippen molar-refractivity contribution in [2.45, 2.75) is 6.42 Å². The molecule has 0 amide bonds. The number of pyridine rings is 1. The van der Waals surface area contributed by atoms with E-state index in [-0.39, 0.29) is 17.3 Å². The second-order valence-corrected chi connectivity index (χ2v) is 7.88. The lowest BCUT2D eigenvalue weighted by Gasteiger charge is -2.12. The van der Waals surface area contributed by atoms with Crippen molar-refractivity contribution in [3.8, 4) is 22.4 Å². The van der Waals surface area contributed by atoms with Crippen LogP contribution in [0.4, 0.5) is 10.3 Å². The van der Waals surface area contributed by atoms with Gasteiger partial charge < -0.3 is 10.3 Å². The van der Waals surface area contributed by atoms with Crippen molar-refractivity contribution in [2.75, 3.05) is 5.73 Å². The first-order valence-electron chi connectivity index (χ1n) is 9.36. The first kappa shape index (κ1) is 19.1. The molecule has 0 aliphatic rings. The molecular weight excluding hydrogens is 417 g/mol. The van der Waals surface area contributed by atoms with E-state index >= 15 is 0 Å². The van der Waals surface area contributed by atoms with E-state index in [1.807, 2.05) is 5.38 Å². The molecule has 0 spiro atoms. The van der Waals surface area contributed by atoms with Gasteiger partial charge in [-0.25, -0.2) is 19.3 Å². The van der Waals surface area contributed by atoms with Gasteiger partial charge in [-0.1, -0.05) is 0 Å². The molecule has 0 fully saturated rings. The van der Waals surface area contributed by atoms with Gasteiger partial charge in [0, 0.05) is 30.4 Å². The smallest absolute Gasteiger partial charge is 0.258 e. The minimum absolute atomic E-state index is 0.115. The fourth-order valence-electron chi connectivity index (χ4n) is 3.40.